The van der Waals surface area contributed by atoms with Crippen molar-refractivity contribution in [3.8, 4) is 17.0 Å². The van der Waals surface area contributed by atoms with Gasteiger partial charge in [-0.2, -0.15) is 5.10 Å². The van der Waals surface area contributed by atoms with Gasteiger partial charge in [-0.3, -0.25) is 14.3 Å². The SMILES string of the molecule is Cn1nc(C(=O)N(CC(=O)Nc2cc(C(=O)O)ccc2F)Cc2cccc(F)c2)c2c1-c1cc(F)ccc1OC2. The number of ether oxygens (including phenoxy) is 1. The first-order valence-electron chi connectivity index (χ1n) is 12.0. The van der Waals surface area contributed by atoms with Gasteiger partial charge >= 0.3 is 5.97 Å². The van der Waals surface area contributed by atoms with E-state index in [1.807, 2.05) is 0 Å². The molecule has 0 unspecified atom stereocenters. The number of fused-ring (bicyclic) bond motifs is 3. The molecule has 9 nitrogen and oxygen atoms in total. The molecule has 0 spiro atoms. The van der Waals surface area contributed by atoms with Crippen molar-refractivity contribution in [1.29, 1.82) is 0 Å². The summed E-state index contributed by atoms with van der Waals surface area (Å²) >= 11 is 0. The van der Waals surface area contributed by atoms with Gasteiger partial charge in [-0.1, -0.05) is 12.1 Å². The second-order valence-electron chi connectivity index (χ2n) is 9.07. The first-order valence-corrected chi connectivity index (χ1v) is 12.0. The standard InChI is InChI=1S/C28H21F3N4O5/c1-34-26-19-11-18(30)6-8-23(19)40-14-20(26)25(33-34)27(37)35(12-15-3-2-4-17(29)9-15)13-24(36)32-22-10-16(28(38)39)5-7-21(22)31/h2-11H,12-14H2,1H3,(H,32,36)(H,38,39). The average molecular weight is 550 g/mol. The van der Waals surface area contributed by atoms with Gasteiger partial charge in [0.25, 0.3) is 5.91 Å². The van der Waals surface area contributed by atoms with Gasteiger partial charge in [-0.25, -0.2) is 18.0 Å². The summed E-state index contributed by atoms with van der Waals surface area (Å²) in [6.45, 7) is -0.862. The molecule has 2 heterocycles. The molecule has 1 aromatic heterocycles. The van der Waals surface area contributed by atoms with E-state index in [0.29, 0.717) is 28.1 Å². The number of halogens is 3. The van der Waals surface area contributed by atoms with Crippen LogP contribution in [-0.2, 0) is 25.0 Å². The van der Waals surface area contributed by atoms with Gasteiger partial charge in [-0.15, -0.1) is 0 Å². The molecule has 3 aromatic carbocycles. The molecular formula is C28H21F3N4O5. The highest BCUT2D eigenvalue weighted by molar-refractivity contribution is 6.01. The fourth-order valence-corrected chi connectivity index (χ4v) is 4.50. The lowest BCUT2D eigenvalue weighted by atomic mass is 10.0. The molecule has 2 amide bonds. The van der Waals surface area contributed by atoms with Crippen molar-refractivity contribution < 1.29 is 37.4 Å². The molecule has 5 rings (SSSR count). The topological polar surface area (TPSA) is 114 Å². The molecule has 0 atom stereocenters. The van der Waals surface area contributed by atoms with Crippen LogP contribution in [0.2, 0.25) is 0 Å². The van der Waals surface area contributed by atoms with Gasteiger partial charge < -0.3 is 20.1 Å². The van der Waals surface area contributed by atoms with E-state index in [4.69, 9.17) is 4.74 Å². The molecule has 204 valence electrons. The number of benzene rings is 3. The molecule has 0 fully saturated rings. The maximum Gasteiger partial charge on any atom is 0.335 e. The third-order valence-electron chi connectivity index (χ3n) is 6.29. The summed E-state index contributed by atoms with van der Waals surface area (Å²) in [6.07, 6.45) is 0. The Hall–Kier alpha value is -5.13. The Labute approximate surface area is 225 Å². The molecule has 0 saturated carbocycles. The van der Waals surface area contributed by atoms with Crippen LogP contribution >= 0.6 is 0 Å². The summed E-state index contributed by atoms with van der Waals surface area (Å²) in [5.41, 5.74) is 0.914. The number of hydrogen-bond donors (Lipinski definition) is 2. The summed E-state index contributed by atoms with van der Waals surface area (Å²) in [4.78, 5) is 39.1. The van der Waals surface area contributed by atoms with E-state index in [1.54, 1.807) is 13.1 Å². The number of hydrogen-bond acceptors (Lipinski definition) is 5. The molecule has 0 bridgehead atoms. The lowest BCUT2D eigenvalue weighted by Crippen LogP contribution is -2.38. The Morgan fingerprint density at radius 1 is 1.05 bits per heavy atom. The number of carbonyl (C=O) groups is 3. The molecule has 40 heavy (non-hydrogen) atoms. The number of carbonyl (C=O) groups excluding carboxylic acids is 2. The number of amides is 2. The van der Waals surface area contributed by atoms with Crippen LogP contribution in [0.1, 0.15) is 32.0 Å². The highest BCUT2D eigenvalue weighted by Crippen LogP contribution is 2.39. The second-order valence-corrected chi connectivity index (χ2v) is 9.07. The van der Waals surface area contributed by atoms with Crippen molar-refractivity contribution in [3.63, 3.8) is 0 Å². The minimum atomic E-state index is -1.32. The van der Waals surface area contributed by atoms with E-state index in [-0.39, 0.29) is 30.1 Å². The molecule has 0 aliphatic carbocycles. The number of aryl methyl sites for hydroxylation is 1. The zero-order valence-corrected chi connectivity index (χ0v) is 21.0. The van der Waals surface area contributed by atoms with Crippen LogP contribution in [0.25, 0.3) is 11.3 Å². The summed E-state index contributed by atoms with van der Waals surface area (Å²) in [5, 5.41) is 15.8. The van der Waals surface area contributed by atoms with Crippen molar-refractivity contribution in [1.82, 2.24) is 14.7 Å². The van der Waals surface area contributed by atoms with Crippen LogP contribution in [0, 0.1) is 17.5 Å². The fraction of sp³-hybridized carbons (Fsp3) is 0.143. The molecule has 4 aromatic rings. The predicted molar refractivity (Wildman–Crippen MR) is 136 cm³/mol. The number of aromatic carboxylic acids is 1. The van der Waals surface area contributed by atoms with E-state index in [0.717, 1.165) is 23.1 Å². The van der Waals surface area contributed by atoms with Gasteiger partial charge in [0.1, 0.15) is 36.4 Å². The number of nitrogens with zero attached hydrogens (tertiary/aromatic N) is 3. The minimum absolute atomic E-state index is 0.0456. The first-order chi connectivity index (χ1) is 19.1. The maximum absolute atomic E-state index is 14.3. The Morgan fingerprint density at radius 3 is 2.58 bits per heavy atom. The Balaban J connectivity index is 1.48. The van der Waals surface area contributed by atoms with Crippen LogP contribution in [0.3, 0.4) is 0 Å². The van der Waals surface area contributed by atoms with Crippen molar-refractivity contribution in [2.45, 2.75) is 13.2 Å². The van der Waals surface area contributed by atoms with E-state index < -0.39 is 41.8 Å². The molecule has 12 heteroatoms. The zero-order chi connectivity index (χ0) is 28.6. The summed E-state index contributed by atoms with van der Waals surface area (Å²) < 4.78 is 49.4. The number of anilines is 1. The summed E-state index contributed by atoms with van der Waals surface area (Å²) in [5.74, 6) is -4.38. The lowest BCUT2D eigenvalue weighted by Gasteiger charge is -2.23. The quantitative estimate of drug-likeness (QED) is 0.353. The van der Waals surface area contributed by atoms with Gasteiger partial charge in [0, 0.05) is 24.7 Å². The van der Waals surface area contributed by atoms with Crippen molar-refractivity contribution >= 4 is 23.5 Å². The zero-order valence-electron chi connectivity index (χ0n) is 21.0. The van der Waals surface area contributed by atoms with E-state index in [9.17, 15) is 32.7 Å². The Morgan fingerprint density at radius 2 is 1.82 bits per heavy atom. The molecule has 0 radical (unpaired) electrons. The van der Waals surface area contributed by atoms with Gasteiger partial charge in [0.15, 0.2) is 5.69 Å². The number of nitrogens with one attached hydrogen (secondary N) is 1. The molecule has 0 saturated heterocycles. The fourth-order valence-electron chi connectivity index (χ4n) is 4.50. The van der Waals surface area contributed by atoms with E-state index in [1.165, 1.54) is 41.1 Å². The second kappa shape index (κ2) is 10.6. The number of aromatic nitrogens is 2. The van der Waals surface area contributed by atoms with E-state index >= 15 is 0 Å². The minimum Gasteiger partial charge on any atom is -0.488 e. The van der Waals surface area contributed by atoms with Crippen LogP contribution in [-0.4, -0.2) is 44.1 Å². The number of carboxylic acid groups (broad SMARTS) is 1. The van der Waals surface area contributed by atoms with Crippen LogP contribution in [0.4, 0.5) is 18.9 Å². The molecule has 1 aliphatic heterocycles. The molecular weight excluding hydrogens is 529 g/mol. The average Bonchev–Trinajstić information content (AvgIpc) is 3.25. The Kier molecular flexibility index (Phi) is 6.99. The van der Waals surface area contributed by atoms with Gasteiger partial charge in [-0.05, 0) is 54.1 Å². The maximum atomic E-state index is 14.3. The lowest BCUT2D eigenvalue weighted by molar-refractivity contribution is -0.117. The van der Waals surface area contributed by atoms with Crippen molar-refractivity contribution in [3.05, 3.63) is 100 Å². The molecule has 1 aliphatic rings. The first kappa shape index (κ1) is 26.5. The van der Waals surface area contributed by atoms with Crippen molar-refractivity contribution in [2.24, 2.45) is 7.05 Å². The summed E-state index contributed by atoms with van der Waals surface area (Å²) in [7, 11) is 1.58. The summed E-state index contributed by atoms with van der Waals surface area (Å²) in [6, 6.07) is 12.3. The third-order valence-corrected chi connectivity index (χ3v) is 6.29. The highest BCUT2D eigenvalue weighted by Gasteiger charge is 2.32. The Bertz CT molecular complexity index is 1670. The van der Waals surface area contributed by atoms with Crippen LogP contribution in [0.15, 0.2) is 60.7 Å². The monoisotopic (exact) mass is 550 g/mol. The van der Waals surface area contributed by atoms with E-state index in [2.05, 4.69) is 10.4 Å². The van der Waals surface area contributed by atoms with Gasteiger partial charge in [0.05, 0.1) is 16.9 Å². The smallest absolute Gasteiger partial charge is 0.335 e. The number of rotatable bonds is 7. The largest absolute Gasteiger partial charge is 0.488 e. The van der Waals surface area contributed by atoms with Gasteiger partial charge in [0.2, 0.25) is 5.91 Å². The van der Waals surface area contributed by atoms with Crippen LogP contribution < -0.4 is 10.1 Å². The van der Waals surface area contributed by atoms with Crippen LogP contribution in [0.5, 0.6) is 5.75 Å². The predicted octanol–water partition coefficient (Wildman–Crippen LogP) is 4.38. The third kappa shape index (κ3) is 5.23. The normalized spacial score (nSPS) is 11.7. The van der Waals surface area contributed by atoms with Crippen molar-refractivity contribution in [2.75, 3.05) is 11.9 Å². The number of carboxylic acids is 1. The molecule has 2 N–H and O–H groups in total. The highest BCUT2D eigenvalue weighted by atomic mass is 19.1.